The molecule has 0 fully saturated rings. The van der Waals surface area contributed by atoms with Crippen molar-refractivity contribution in [2.45, 2.75) is 0 Å². The number of phenols is 1. The number of carbonyl (C=O) groups is 1. The largest absolute Gasteiger partial charge is 0.508 e. The normalized spacial score (nSPS) is 10.2. The summed E-state index contributed by atoms with van der Waals surface area (Å²) >= 11 is 0. The molecule has 15 heavy (non-hydrogen) atoms. The molecule has 1 heterocycles. The number of aromatic hydroxyl groups is 1. The fourth-order valence-electron chi connectivity index (χ4n) is 1.48. The van der Waals surface area contributed by atoms with Crippen molar-refractivity contribution in [3.63, 3.8) is 0 Å². The molecule has 1 N–H and O–H groups in total. The Morgan fingerprint density at radius 3 is 2.80 bits per heavy atom. The van der Waals surface area contributed by atoms with Crippen molar-refractivity contribution >= 4 is 6.29 Å². The van der Waals surface area contributed by atoms with E-state index >= 15 is 0 Å². The van der Waals surface area contributed by atoms with Crippen LogP contribution in [0.25, 0.3) is 11.3 Å². The van der Waals surface area contributed by atoms with Crippen molar-refractivity contribution in [3.8, 4) is 17.0 Å². The Morgan fingerprint density at radius 1 is 1.40 bits per heavy atom. The van der Waals surface area contributed by atoms with Gasteiger partial charge in [0.1, 0.15) is 11.4 Å². The Balaban J connectivity index is 2.53. The molecule has 76 valence electrons. The van der Waals surface area contributed by atoms with Crippen molar-refractivity contribution < 1.29 is 9.90 Å². The predicted octanol–water partition coefficient (Wildman–Crippen LogP) is 1.61. The molecule has 0 aliphatic heterocycles. The van der Waals surface area contributed by atoms with Crippen LogP contribution in [0.5, 0.6) is 5.75 Å². The summed E-state index contributed by atoms with van der Waals surface area (Å²) < 4.78 is 1.61. The Kier molecular flexibility index (Phi) is 2.25. The number of benzene rings is 1. The number of rotatable bonds is 2. The number of aryl methyl sites for hydroxylation is 1. The third-order valence-corrected chi connectivity index (χ3v) is 2.16. The van der Waals surface area contributed by atoms with Crippen LogP contribution in [0.1, 0.15) is 10.5 Å². The minimum Gasteiger partial charge on any atom is -0.508 e. The zero-order chi connectivity index (χ0) is 10.8. The summed E-state index contributed by atoms with van der Waals surface area (Å²) in [5.41, 5.74) is 2.02. The third kappa shape index (κ3) is 1.74. The molecule has 0 atom stereocenters. The SMILES string of the molecule is Cn1nc(C=O)cc1-c1cccc(O)c1. The van der Waals surface area contributed by atoms with Gasteiger partial charge in [-0.05, 0) is 18.2 Å². The molecule has 0 saturated heterocycles. The first kappa shape index (κ1) is 9.45. The van der Waals surface area contributed by atoms with Crippen LogP contribution in [0.4, 0.5) is 0 Å². The lowest BCUT2D eigenvalue weighted by Gasteiger charge is -2.01. The van der Waals surface area contributed by atoms with E-state index in [-0.39, 0.29) is 5.75 Å². The van der Waals surface area contributed by atoms with Gasteiger partial charge in [-0.15, -0.1) is 0 Å². The van der Waals surface area contributed by atoms with E-state index in [0.717, 1.165) is 11.3 Å². The molecule has 2 aromatic rings. The van der Waals surface area contributed by atoms with Gasteiger partial charge in [0.05, 0.1) is 5.69 Å². The first-order valence-corrected chi connectivity index (χ1v) is 4.49. The third-order valence-electron chi connectivity index (χ3n) is 2.16. The fourth-order valence-corrected chi connectivity index (χ4v) is 1.48. The molecular formula is C11H10N2O2. The fraction of sp³-hybridized carbons (Fsp3) is 0.0909. The summed E-state index contributed by atoms with van der Waals surface area (Å²) in [4.78, 5) is 10.5. The average Bonchev–Trinajstić information content (AvgIpc) is 2.60. The van der Waals surface area contributed by atoms with E-state index in [1.165, 1.54) is 0 Å². The second kappa shape index (κ2) is 3.57. The minimum atomic E-state index is 0.196. The van der Waals surface area contributed by atoms with Gasteiger partial charge < -0.3 is 5.11 Å². The Morgan fingerprint density at radius 2 is 2.20 bits per heavy atom. The molecule has 0 aliphatic rings. The molecule has 0 aliphatic carbocycles. The lowest BCUT2D eigenvalue weighted by molar-refractivity contribution is 0.111. The van der Waals surface area contributed by atoms with Gasteiger partial charge >= 0.3 is 0 Å². The summed E-state index contributed by atoms with van der Waals surface area (Å²) in [7, 11) is 1.76. The summed E-state index contributed by atoms with van der Waals surface area (Å²) in [5.74, 6) is 0.196. The van der Waals surface area contributed by atoms with Crippen molar-refractivity contribution in [2.75, 3.05) is 0 Å². The van der Waals surface area contributed by atoms with E-state index in [4.69, 9.17) is 0 Å². The standard InChI is InChI=1S/C11H10N2O2/c1-13-11(6-9(7-14)12-13)8-3-2-4-10(15)5-8/h2-7,15H,1H3. The first-order valence-electron chi connectivity index (χ1n) is 4.49. The lowest BCUT2D eigenvalue weighted by atomic mass is 10.1. The van der Waals surface area contributed by atoms with Gasteiger partial charge in [-0.2, -0.15) is 5.10 Å². The van der Waals surface area contributed by atoms with Crippen LogP contribution in [0.15, 0.2) is 30.3 Å². The number of hydrogen-bond acceptors (Lipinski definition) is 3. The Hall–Kier alpha value is -2.10. The van der Waals surface area contributed by atoms with E-state index in [1.54, 1.807) is 36.0 Å². The molecule has 0 saturated carbocycles. The van der Waals surface area contributed by atoms with Crippen molar-refractivity contribution in [2.24, 2.45) is 7.05 Å². The van der Waals surface area contributed by atoms with Crippen molar-refractivity contribution in [1.82, 2.24) is 9.78 Å². The number of nitrogens with zero attached hydrogens (tertiary/aromatic N) is 2. The highest BCUT2D eigenvalue weighted by Crippen LogP contribution is 2.22. The highest BCUT2D eigenvalue weighted by atomic mass is 16.3. The highest BCUT2D eigenvalue weighted by molar-refractivity contribution is 5.75. The molecular weight excluding hydrogens is 192 g/mol. The number of phenolic OH excluding ortho intramolecular Hbond substituents is 1. The van der Waals surface area contributed by atoms with Crippen LogP contribution in [0, 0.1) is 0 Å². The summed E-state index contributed by atoms with van der Waals surface area (Å²) in [6, 6.07) is 8.51. The molecule has 0 spiro atoms. The second-order valence-electron chi connectivity index (χ2n) is 3.25. The van der Waals surface area contributed by atoms with Crippen molar-refractivity contribution in [1.29, 1.82) is 0 Å². The number of aromatic nitrogens is 2. The van der Waals surface area contributed by atoms with E-state index in [1.807, 2.05) is 6.07 Å². The summed E-state index contributed by atoms with van der Waals surface area (Å²) in [5, 5.41) is 13.3. The van der Waals surface area contributed by atoms with Gasteiger partial charge in [0.15, 0.2) is 6.29 Å². The summed E-state index contributed by atoms with van der Waals surface area (Å²) in [6.45, 7) is 0. The van der Waals surface area contributed by atoms with Crippen LogP contribution < -0.4 is 0 Å². The number of aldehydes is 1. The maximum Gasteiger partial charge on any atom is 0.170 e. The predicted molar refractivity (Wildman–Crippen MR) is 55.7 cm³/mol. The van der Waals surface area contributed by atoms with E-state index in [2.05, 4.69) is 5.10 Å². The average molecular weight is 202 g/mol. The quantitative estimate of drug-likeness (QED) is 0.752. The van der Waals surface area contributed by atoms with E-state index in [9.17, 15) is 9.90 Å². The molecule has 2 rings (SSSR count). The van der Waals surface area contributed by atoms with Gasteiger partial charge in [0.25, 0.3) is 0 Å². The molecule has 1 aromatic heterocycles. The van der Waals surface area contributed by atoms with Gasteiger partial charge in [0.2, 0.25) is 0 Å². The molecule has 4 heteroatoms. The zero-order valence-electron chi connectivity index (χ0n) is 8.21. The molecule has 0 radical (unpaired) electrons. The van der Waals surface area contributed by atoms with Crippen LogP contribution in [-0.4, -0.2) is 21.2 Å². The monoisotopic (exact) mass is 202 g/mol. The van der Waals surface area contributed by atoms with Crippen molar-refractivity contribution in [3.05, 3.63) is 36.0 Å². The van der Waals surface area contributed by atoms with Gasteiger partial charge in [-0.3, -0.25) is 9.48 Å². The van der Waals surface area contributed by atoms with Crippen LogP contribution >= 0.6 is 0 Å². The molecule has 4 nitrogen and oxygen atoms in total. The van der Waals surface area contributed by atoms with Crippen LogP contribution in [-0.2, 0) is 7.05 Å². The Labute approximate surface area is 86.8 Å². The van der Waals surface area contributed by atoms with Gasteiger partial charge in [-0.25, -0.2) is 0 Å². The highest BCUT2D eigenvalue weighted by Gasteiger charge is 2.06. The van der Waals surface area contributed by atoms with Crippen LogP contribution in [0.3, 0.4) is 0 Å². The smallest absolute Gasteiger partial charge is 0.170 e. The molecule has 0 amide bonds. The number of hydrogen-bond donors (Lipinski definition) is 1. The maximum absolute atomic E-state index is 10.5. The topological polar surface area (TPSA) is 55.1 Å². The first-order chi connectivity index (χ1) is 7.20. The van der Waals surface area contributed by atoms with Crippen LogP contribution in [0.2, 0.25) is 0 Å². The van der Waals surface area contributed by atoms with Gasteiger partial charge in [0, 0.05) is 12.6 Å². The minimum absolute atomic E-state index is 0.196. The van der Waals surface area contributed by atoms with E-state index < -0.39 is 0 Å². The van der Waals surface area contributed by atoms with E-state index in [0.29, 0.717) is 12.0 Å². The lowest BCUT2D eigenvalue weighted by Crippen LogP contribution is -1.93. The molecule has 0 unspecified atom stereocenters. The van der Waals surface area contributed by atoms with Gasteiger partial charge in [-0.1, -0.05) is 12.1 Å². The molecule has 1 aromatic carbocycles. The maximum atomic E-state index is 10.5. The zero-order valence-corrected chi connectivity index (χ0v) is 8.21. The Bertz CT molecular complexity index is 503. The summed E-state index contributed by atoms with van der Waals surface area (Å²) in [6.07, 6.45) is 0.701. The molecule has 0 bridgehead atoms. The number of carbonyl (C=O) groups excluding carboxylic acids is 1. The second-order valence-corrected chi connectivity index (χ2v) is 3.25.